The molecule has 0 aromatic heterocycles. The highest BCUT2D eigenvalue weighted by Gasteiger charge is 2.08. The van der Waals surface area contributed by atoms with Crippen LogP contribution in [-0.4, -0.2) is 60.6 Å². The molecule has 5 nitrogen and oxygen atoms in total. The molecule has 0 fully saturated rings. The summed E-state index contributed by atoms with van der Waals surface area (Å²) in [6.07, 6.45) is 3.21. The minimum absolute atomic E-state index is 0.0282. The van der Waals surface area contributed by atoms with Crippen LogP contribution in [0.2, 0.25) is 0 Å². The van der Waals surface area contributed by atoms with Crippen molar-refractivity contribution < 1.29 is 24.8 Å². The normalized spacial score (nSPS) is 16.1. The van der Waals surface area contributed by atoms with Crippen molar-refractivity contribution in [3.05, 3.63) is 0 Å². The monoisotopic (exact) mass is 306 g/mol. The van der Waals surface area contributed by atoms with Gasteiger partial charge in [0, 0.05) is 6.61 Å². The van der Waals surface area contributed by atoms with E-state index in [0.717, 1.165) is 12.3 Å². The van der Waals surface area contributed by atoms with Crippen LogP contribution in [0.1, 0.15) is 46.5 Å². The van der Waals surface area contributed by atoms with Gasteiger partial charge in [0.1, 0.15) is 12.2 Å². The number of hydrogen-bond acceptors (Lipinski definition) is 5. The number of hydrogen-bond donors (Lipinski definition) is 3. The summed E-state index contributed by atoms with van der Waals surface area (Å²) in [4.78, 5) is 0. The van der Waals surface area contributed by atoms with Crippen LogP contribution in [0.3, 0.4) is 0 Å². The van der Waals surface area contributed by atoms with E-state index >= 15 is 0 Å². The fraction of sp³-hybridized carbons (Fsp3) is 1.00. The van der Waals surface area contributed by atoms with Crippen molar-refractivity contribution in [1.82, 2.24) is 0 Å². The van der Waals surface area contributed by atoms with E-state index in [9.17, 15) is 5.11 Å². The average molecular weight is 306 g/mol. The molecular formula is C16H34O5. The van der Waals surface area contributed by atoms with Gasteiger partial charge in [-0.05, 0) is 18.3 Å². The quantitative estimate of drug-likeness (QED) is 0.425. The molecule has 0 heterocycles. The zero-order chi connectivity index (χ0) is 16.1. The first kappa shape index (κ1) is 20.8. The van der Waals surface area contributed by atoms with Crippen LogP contribution >= 0.6 is 0 Å². The third kappa shape index (κ3) is 14.5. The Bertz CT molecular complexity index is 223. The highest BCUT2D eigenvalue weighted by Crippen LogP contribution is 2.15. The van der Waals surface area contributed by atoms with Crippen LogP contribution in [-0.2, 0) is 9.47 Å². The lowest BCUT2D eigenvalue weighted by Gasteiger charge is -2.15. The predicted octanol–water partition coefficient (Wildman–Crippen LogP) is 1.59. The van der Waals surface area contributed by atoms with E-state index in [1.165, 1.54) is 19.3 Å². The van der Waals surface area contributed by atoms with Gasteiger partial charge in [-0.1, -0.05) is 40.0 Å². The van der Waals surface area contributed by atoms with E-state index in [1.54, 1.807) is 0 Å². The van der Waals surface area contributed by atoms with Crippen molar-refractivity contribution in [3.63, 3.8) is 0 Å². The maximum Gasteiger partial charge on any atom is 0.101 e. The molecule has 0 aliphatic rings. The first-order chi connectivity index (χ1) is 9.95. The van der Waals surface area contributed by atoms with Crippen molar-refractivity contribution in [1.29, 1.82) is 0 Å². The Morgan fingerprint density at radius 2 is 1.43 bits per heavy atom. The summed E-state index contributed by atoms with van der Waals surface area (Å²) in [5.74, 6) is 1.42. The fourth-order valence-electron chi connectivity index (χ4n) is 1.96. The molecule has 0 spiro atoms. The van der Waals surface area contributed by atoms with Crippen molar-refractivity contribution >= 4 is 0 Å². The SMILES string of the molecule is CC(C)CCCC(C)CCOCC(O)COCC(O)CO. The Morgan fingerprint density at radius 1 is 0.810 bits per heavy atom. The van der Waals surface area contributed by atoms with E-state index in [4.69, 9.17) is 19.7 Å². The molecule has 0 rings (SSSR count). The molecule has 5 heteroatoms. The highest BCUT2D eigenvalue weighted by molar-refractivity contribution is 4.57. The van der Waals surface area contributed by atoms with Crippen LogP contribution in [0.4, 0.5) is 0 Å². The molecule has 0 bridgehead atoms. The largest absolute Gasteiger partial charge is 0.394 e. The molecule has 0 amide bonds. The minimum Gasteiger partial charge on any atom is -0.394 e. The summed E-state index contributed by atoms with van der Waals surface area (Å²) in [6.45, 7) is 7.43. The van der Waals surface area contributed by atoms with Crippen LogP contribution < -0.4 is 0 Å². The van der Waals surface area contributed by atoms with Gasteiger partial charge >= 0.3 is 0 Å². The Labute approximate surface area is 129 Å². The molecular weight excluding hydrogens is 272 g/mol. The van der Waals surface area contributed by atoms with Crippen molar-refractivity contribution in [2.45, 2.75) is 58.7 Å². The van der Waals surface area contributed by atoms with Gasteiger partial charge in [0.15, 0.2) is 0 Å². The molecule has 3 atom stereocenters. The Hall–Kier alpha value is -0.200. The predicted molar refractivity (Wildman–Crippen MR) is 83.2 cm³/mol. The molecule has 0 saturated heterocycles. The summed E-state index contributed by atoms with van der Waals surface area (Å²) < 4.78 is 10.5. The van der Waals surface area contributed by atoms with E-state index in [0.29, 0.717) is 12.5 Å². The molecule has 0 aliphatic carbocycles. The third-order valence-electron chi connectivity index (χ3n) is 3.37. The second-order valence-electron chi connectivity index (χ2n) is 6.32. The topological polar surface area (TPSA) is 79.2 Å². The Morgan fingerprint density at radius 3 is 2.05 bits per heavy atom. The summed E-state index contributed by atoms with van der Waals surface area (Å²) in [7, 11) is 0. The molecule has 0 aliphatic heterocycles. The summed E-state index contributed by atoms with van der Waals surface area (Å²) >= 11 is 0. The van der Waals surface area contributed by atoms with E-state index in [2.05, 4.69) is 20.8 Å². The molecule has 3 unspecified atom stereocenters. The van der Waals surface area contributed by atoms with Crippen LogP contribution in [0.25, 0.3) is 0 Å². The van der Waals surface area contributed by atoms with Crippen LogP contribution in [0.15, 0.2) is 0 Å². The van der Waals surface area contributed by atoms with Crippen molar-refractivity contribution in [3.8, 4) is 0 Å². The maximum absolute atomic E-state index is 9.61. The molecule has 0 radical (unpaired) electrons. The Kier molecular flexibility index (Phi) is 13.3. The van der Waals surface area contributed by atoms with E-state index in [-0.39, 0.29) is 26.4 Å². The lowest BCUT2D eigenvalue weighted by atomic mass is 9.98. The van der Waals surface area contributed by atoms with Gasteiger partial charge < -0.3 is 24.8 Å². The second-order valence-corrected chi connectivity index (χ2v) is 6.32. The number of aliphatic hydroxyl groups excluding tert-OH is 3. The molecule has 0 aromatic rings. The van der Waals surface area contributed by atoms with Gasteiger partial charge in [0.2, 0.25) is 0 Å². The Balaban J connectivity index is 3.40. The standard InChI is InChI=1S/C16H34O5/c1-13(2)5-4-6-14(3)7-8-20-11-16(19)12-21-10-15(18)9-17/h13-19H,4-12H2,1-3H3. The van der Waals surface area contributed by atoms with Gasteiger partial charge in [0.05, 0.1) is 26.4 Å². The van der Waals surface area contributed by atoms with E-state index in [1.807, 2.05) is 0 Å². The molecule has 0 aromatic carbocycles. The summed E-state index contributed by atoms with van der Waals surface area (Å²) in [5.41, 5.74) is 0. The molecule has 128 valence electrons. The lowest BCUT2D eigenvalue weighted by molar-refractivity contribution is -0.0488. The highest BCUT2D eigenvalue weighted by atomic mass is 16.5. The molecule has 3 N–H and O–H groups in total. The van der Waals surface area contributed by atoms with Gasteiger partial charge in [-0.2, -0.15) is 0 Å². The maximum atomic E-state index is 9.61. The molecule has 21 heavy (non-hydrogen) atoms. The number of aliphatic hydroxyl groups is 3. The molecule has 0 saturated carbocycles. The van der Waals surface area contributed by atoms with Crippen molar-refractivity contribution in [2.75, 3.05) is 33.0 Å². The third-order valence-corrected chi connectivity index (χ3v) is 3.37. The van der Waals surface area contributed by atoms with Crippen LogP contribution in [0.5, 0.6) is 0 Å². The first-order valence-corrected chi connectivity index (χ1v) is 8.08. The van der Waals surface area contributed by atoms with Gasteiger partial charge in [-0.15, -0.1) is 0 Å². The van der Waals surface area contributed by atoms with Crippen molar-refractivity contribution in [2.24, 2.45) is 11.8 Å². The van der Waals surface area contributed by atoms with Gasteiger partial charge in [-0.3, -0.25) is 0 Å². The first-order valence-electron chi connectivity index (χ1n) is 8.08. The van der Waals surface area contributed by atoms with Crippen LogP contribution in [0, 0.1) is 11.8 Å². The zero-order valence-electron chi connectivity index (χ0n) is 13.8. The summed E-state index contributed by atoms with van der Waals surface area (Å²) in [6, 6.07) is 0. The van der Waals surface area contributed by atoms with E-state index < -0.39 is 12.2 Å². The lowest BCUT2D eigenvalue weighted by Crippen LogP contribution is -2.26. The smallest absolute Gasteiger partial charge is 0.101 e. The second kappa shape index (κ2) is 13.5. The van der Waals surface area contributed by atoms with Gasteiger partial charge in [-0.25, -0.2) is 0 Å². The number of ether oxygens (including phenoxy) is 2. The minimum atomic E-state index is -0.884. The summed E-state index contributed by atoms with van der Waals surface area (Å²) in [5, 5.41) is 27.3. The number of rotatable bonds is 14. The van der Waals surface area contributed by atoms with Gasteiger partial charge in [0.25, 0.3) is 0 Å². The average Bonchev–Trinajstić information content (AvgIpc) is 2.43. The zero-order valence-corrected chi connectivity index (χ0v) is 13.8. The fourth-order valence-corrected chi connectivity index (χ4v) is 1.96.